The molecule has 3 heterocycles. The Balaban J connectivity index is 1.56. The lowest BCUT2D eigenvalue weighted by molar-refractivity contribution is 0.103. The zero-order valence-electron chi connectivity index (χ0n) is 16.0. The van der Waals surface area contributed by atoms with Gasteiger partial charge in [-0.25, -0.2) is 4.98 Å². The van der Waals surface area contributed by atoms with Gasteiger partial charge in [0.2, 0.25) is 0 Å². The zero-order valence-corrected chi connectivity index (χ0v) is 16.0. The Kier molecular flexibility index (Phi) is 7.17. The van der Waals surface area contributed by atoms with E-state index in [1.807, 2.05) is 25.5 Å². The maximum atomic E-state index is 5.21. The fourth-order valence-corrected chi connectivity index (χ4v) is 3.70. The second kappa shape index (κ2) is 9.80. The average molecular weight is 358 g/mol. The Bertz CT molecular complexity index is 637. The van der Waals surface area contributed by atoms with Gasteiger partial charge < -0.3 is 14.6 Å². The first kappa shape index (κ1) is 19.0. The van der Waals surface area contributed by atoms with Crippen LogP contribution in [0.15, 0.2) is 30.7 Å². The monoisotopic (exact) mass is 357 g/mol. The summed E-state index contributed by atoms with van der Waals surface area (Å²) in [7, 11) is 1.78. The molecule has 0 aromatic carbocycles. The van der Waals surface area contributed by atoms with Crippen molar-refractivity contribution in [3.05, 3.63) is 47.8 Å². The van der Waals surface area contributed by atoms with Gasteiger partial charge in [0.1, 0.15) is 5.82 Å². The van der Waals surface area contributed by atoms with Crippen LogP contribution in [0, 0.1) is 12.8 Å². The number of aromatic amines is 1. The van der Waals surface area contributed by atoms with E-state index in [9.17, 15) is 0 Å². The van der Waals surface area contributed by atoms with Crippen LogP contribution in [0.3, 0.4) is 0 Å². The predicted octanol–water partition coefficient (Wildman–Crippen LogP) is 2.47. The van der Waals surface area contributed by atoms with Crippen LogP contribution in [0.1, 0.15) is 29.9 Å². The molecule has 6 heteroatoms. The first-order valence-electron chi connectivity index (χ1n) is 9.56. The Morgan fingerprint density at radius 2 is 2.00 bits per heavy atom. The molecule has 3 rings (SSSR count). The van der Waals surface area contributed by atoms with Gasteiger partial charge in [0.15, 0.2) is 0 Å². The van der Waals surface area contributed by atoms with Crippen LogP contribution in [0.2, 0.25) is 0 Å². The highest BCUT2D eigenvalue weighted by molar-refractivity contribution is 5.10. The van der Waals surface area contributed by atoms with Crippen molar-refractivity contribution in [2.24, 2.45) is 5.92 Å². The lowest BCUT2D eigenvalue weighted by Gasteiger charge is -2.34. The molecule has 142 valence electrons. The van der Waals surface area contributed by atoms with Crippen molar-refractivity contribution in [1.29, 1.82) is 0 Å². The van der Waals surface area contributed by atoms with E-state index >= 15 is 0 Å². The SMILES string of the molecule is COCCN1CCC(CN(Cc2ccncc2)Cc2cnc(C)[nH]2)CC1. The summed E-state index contributed by atoms with van der Waals surface area (Å²) in [6.45, 7) is 9.23. The minimum absolute atomic E-state index is 0.750. The minimum Gasteiger partial charge on any atom is -0.383 e. The van der Waals surface area contributed by atoms with E-state index in [4.69, 9.17) is 4.74 Å². The molecular weight excluding hydrogens is 326 g/mol. The number of hydrogen-bond donors (Lipinski definition) is 1. The number of piperidine rings is 1. The summed E-state index contributed by atoms with van der Waals surface area (Å²) in [5, 5.41) is 0. The number of aromatic nitrogens is 3. The molecule has 0 spiro atoms. The van der Waals surface area contributed by atoms with Crippen LogP contribution in [-0.2, 0) is 17.8 Å². The van der Waals surface area contributed by atoms with E-state index in [1.54, 1.807) is 7.11 Å². The van der Waals surface area contributed by atoms with Crippen LogP contribution in [0.25, 0.3) is 0 Å². The van der Waals surface area contributed by atoms with Crippen LogP contribution in [0.5, 0.6) is 0 Å². The van der Waals surface area contributed by atoms with Gasteiger partial charge in [0, 0.05) is 57.6 Å². The van der Waals surface area contributed by atoms with Crippen LogP contribution in [0.4, 0.5) is 0 Å². The largest absolute Gasteiger partial charge is 0.383 e. The average Bonchev–Trinajstić information content (AvgIpc) is 3.06. The summed E-state index contributed by atoms with van der Waals surface area (Å²) >= 11 is 0. The highest BCUT2D eigenvalue weighted by Crippen LogP contribution is 2.20. The quantitative estimate of drug-likeness (QED) is 0.747. The molecule has 2 aromatic heterocycles. The van der Waals surface area contributed by atoms with E-state index in [2.05, 4.69) is 36.9 Å². The lowest BCUT2D eigenvalue weighted by Crippen LogP contribution is -2.39. The lowest BCUT2D eigenvalue weighted by atomic mass is 9.96. The number of H-pyrrole nitrogens is 1. The molecule has 1 saturated heterocycles. The van der Waals surface area contributed by atoms with Crippen molar-refractivity contribution in [2.45, 2.75) is 32.9 Å². The number of aryl methyl sites for hydroxylation is 1. The van der Waals surface area contributed by atoms with E-state index in [0.717, 1.165) is 44.5 Å². The van der Waals surface area contributed by atoms with Crippen molar-refractivity contribution >= 4 is 0 Å². The van der Waals surface area contributed by atoms with Crippen molar-refractivity contribution < 1.29 is 4.74 Å². The predicted molar refractivity (Wildman–Crippen MR) is 103 cm³/mol. The molecule has 0 unspecified atom stereocenters. The standard InChI is InChI=1S/C20H31N5O/c1-17-22-13-20(23-17)16-25(14-18-3-7-21-8-4-18)15-19-5-9-24(10-6-19)11-12-26-2/h3-4,7-8,13,19H,5-6,9-12,14-16H2,1-2H3,(H,22,23). The Morgan fingerprint density at radius 3 is 2.65 bits per heavy atom. The zero-order chi connectivity index (χ0) is 18.2. The first-order chi connectivity index (χ1) is 12.7. The van der Waals surface area contributed by atoms with Gasteiger partial charge in [0.25, 0.3) is 0 Å². The van der Waals surface area contributed by atoms with Gasteiger partial charge in [-0.2, -0.15) is 0 Å². The number of pyridine rings is 1. The maximum absolute atomic E-state index is 5.21. The van der Waals surface area contributed by atoms with E-state index in [0.29, 0.717) is 0 Å². The smallest absolute Gasteiger partial charge is 0.103 e. The number of hydrogen-bond acceptors (Lipinski definition) is 5. The minimum atomic E-state index is 0.750. The molecule has 1 aliphatic rings. The van der Waals surface area contributed by atoms with Gasteiger partial charge in [0.05, 0.1) is 6.61 Å². The molecule has 0 bridgehead atoms. The van der Waals surface area contributed by atoms with Crippen LogP contribution >= 0.6 is 0 Å². The number of ether oxygens (including phenoxy) is 1. The molecular formula is C20H31N5O. The molecule has 1 N–H and O–H groups in total. The molecule has 0 radical (unpaired) electrons. The number of methoxy groups -OCH3 is 1. The summed E-state index contributed by atoms with van der Waals surface area (Å²) in [6.07, 6.45) is 8.24. The normalized spacial score (nSPS) is 16.4. The third-order valence-electron chi connectivity index (χ3n) is 5.14. The summed E-state index contributed by atoms with van der Waals surface area (Å²) in [5.74, 6) is 1.73. The Hall–Kier alpha value is -1.76. The number of nitrogens with zero attached hydrogens (tertiary/aromatic N) is 4. The van der Waals surface area contributed by atoms with Crippen LogP contribution in [-0.4, -0.2) is 64.6 Å². The van der Waals surface area contributed by atoms with Crippen LogP contribution < -0.4 is 0 Å². The maximum Gasteiger partial charge on any atom is 0.103 e. The van der Waals surface area contributed by atoms with Gasteiger partial charge in [-0.3, -0.25) is 9.88 Å². The van der Waals surface area contributed by atoms with E-state index in [-0.39, 0.29) is 0 Å². The summed E-state index contributed by atoms with van der Waals surface area (Å²) in [6, 6.07) is 4.22. The Morgan fingerprint density at radius 1 is 1.23 bits per heavy atom. The molecule has 1 fully saturated rings. The molecule has 6 nitrogen and oxygen atoms in total. The van der Waals surface area contributed by atoms with Crippen molar-refractivity contribution in [1.82, 2.24) is 24.8 Å². The number of imidazole rings is 1. The summed E-state index contributed by atoms with van der Waals surface area (Å²) < 4.78 is 5.21. The van der Waals surface area contributed by atoms with E-state index < -0.39 is 0 Å². The third kappa shape index (κ3) is 5.90. The second-order valence-corrected chi connectivity index (χ2v) is 7.30. The topological polar surface area (TPSA) is 57.3 Å². The number of rotatable bonds is 9. The van der Waals surface area contributed by atoms with Crippen molar-refractivity contribution in [2.75, 3.05) is 39.9 Å². The second-order valence-electron chi connectivity index (χ2n) is 7.30. The third-order valence-corrected chi connectivity index (χ3v) is 5.14. The van der Waals surface area contributed by atoms with Gasteiger partial charge >= 0.3 is 0 Å². The highest BCUT2D eigenvalue weighted by atomic mass is 16.5. The fourth-order valence-electron chi connectivity index (χ4n) is 3.70. The molecule has 0 atom stereocenters. The van der Waals surface area contributed by atoms with Gasteiger partial charge in [-0.05, 0) is 56.5 Å². The van der Waals surface area contributed by atoms with E-state index in [1.165, 1.54) is 37.2 Å². The number of nitrogens with one attached hydrogen (secondary N) is 1. The molecule has 26 heavy (non-hydrogen) atoms. The highest BCUT2D eigenvalue weighted by Gasteiger charge is 2.21. The van der Waals surface area contributed by atoms with Gasteiger partial charge in [-0.15, -0.1) is 0 Å². The first-order valence-corrected chi connectivity index (χ1v) is 9.56. The van der Waals surface area contributed by atoms with Gasteiger partial charge in [-0.1, -0.05) is 0 Å². The molecule has 2 aromatic rings. The summed E-state index contributed by atoms with van der Waals surface area (Å²) in [5.41, 5.74) is 2.50. The van der Waals surface area contributed by atoms with Crippen molar-refractivity contribution in [3.63, 3.8) is 0 Å². The van der Waals surface area contributed by atoms with Crippen molar-refractivity contribution in [3.8, 4) is 0 Å². The summed E-state index contributed by atoms with van der Waals surface area (Å²) in [4.78, 5) is 16.9. The molecule has 1 aliphatic heterocycles. The number of likely N-dealkylation sites (tertiary alicyclic amines) is 1. The molecule has 0 saturated carbocycles. The molecule has 0 amide bonds. The fraction of sp³-hybridized carbons (Fsp3) is 0.600. The Labute approximate surface area is 156 Å². The molecule has 0 aliphatic carbocycles.